The van der Waals surface area contributed by atoms with Gasteiger partial charge in [-0.15, -0.1) is 0 Å². The highest BCUT2D eigenvalue weighted by atomic mass is 32.2. The van der Waals surface area contributed by atoms with Crippen molar-refractivity contribution in [1.82, 2.24) is 26.6 Å². The summed E-state index contributed by atoms with van der Waals surface area (Å²) in [6.07, 6.45) is 0.756. The Balaban J connectivity index is 5.21. The molecule has 0 radical (unpaired) electrons. The van der Waals surface area contributed by atoms with E-state index in [-0.39, 0.29) is 12.3 Å². The number of nitrogens with one attached hydrogen (secondary N) is 5. The largest absolute Gasteiger partial charge is 0.480 e. The smallest absolute Gasteiger partial charge is 0.328 e. The molecular formula is C21H37N5O8S. The van der Waals surface area contributed by atoms with Crippen molar-refractivity contribution in [2.45, 2.75) is 71.3 Å². The van der Waals surface area contributed by atoms with Crippen LogP contribution in [-0.4, -0.2) is 94.5 Å². The van der Waals surface area contributed by atoms with E-state index in [0.29, 0.717) is 5.75 Å². The van der Waals surface area contributed by atoms with Crippen LogP contribution in [0.5, 0.6) is 0 Å². The van der Waals surface area contributed by atoms with Gasteiger partial charge in [0, 0.05) is 6.92 Å². The third-order valence-corrected chi connectivity index (χ3v) is 5.44. The fourth-order valence-electron chi connectivity index (χ4n) is 2.85. The zero-order valence-electron chi connectivity index (χ0n) is 20.8. The molecule has 0 unspecified atom stereocenters. The van der Waals surface area contributed by atoms with E-state index in [0.717, 1.165) is 0 Å². The summed E-state index contributed by atoms with van der Waals surface area (Å²) >= 11 is 1.46. The van der Waals surface area contributed by atoms with Crippen LogP contribution in [0.2, 0.25) is 0 Å². The van der Waals surface area contributed by atoms with Crippen LogP contribution in [0.3, 0.4) is 0 Å². The second kappa shape index (κ2) is 15.9. The number of aliphatic hydroxyl groups excluding tert-OH is 1. The predicted molar refractivity (Wildman–Crippen MR) is 129 cm³/mol. The Labute approximate surface area is 208 Å². The second-order valence-corrected chi connectivity index (χ2v) is 9.32. The van der Waals surface area contributed by atoms with Gasteiger partial charge in [-0.1, -0.05) is 13.8 Å². The molecule has 0 aromatic rings. The predicted octanol–water partition coefficient (Wildman–Crippen LogP) is -2.04. The molecule has 0 saturated heterocycles. The Morgan fingerprint density at radius 1 is 0.829 bits per heavy atom. The molecule has 0 bridgehead atoms. The van der Waals surface area contributed by atoms with Crippen LogP contribution in [0.15, 0.2) is 0 Å². The van der Waals surface area contributed by atoms with E-state index >= 15 is 0 Å². The molecule has 0 aromatic carbocycles. The molecular weight excluding hydrogens is 482 g/mol. The Morgan fingerprint density at radius 2 is 1.43 bits per heavy atom. The van der Waals surface area contributed by atoms with Gasteiger partial charge < -0.3 is 36.8 Å². The van der Waals surface area contributed by atoms with Crippen LogP contribution in [0, 0.1) is 5.92 Å². The number of amides is 5. The third kappa shape index (κ3) is 12.4. The summed E-state index contributed by atoms with van der Waals surface area (Å²) in [5, 5.41) is 30.5. The monoisotopic (exact) mass is 519 g/mol. The Morgan fingerprint density at radius 3 is 1.89 bits per heavy atom. The van der Waals surface area contributed by atoms with E-state index in [2.05, 4.69) is 26.6 Å². The van der Waals surface area contributed by atoms with Crippen molar-refractivity contribution in [3.05, 3.63) is 0 Å². The molecule has 0 rings (SSSR count). The Kier molecular flexibility index (Phi) is 14.6. The highest BCUT2D eigenvalue weighted by Crippen LogP contribution is 2.06. The van der Waals surface area contributed by atoms with Gasteiger partial charge in [-0.2, -0.15) is 11.8 Å². The number of aliphatic hydroxyl groups is 1. The highest BCUT2D eigenvalue weighted by Gasteiger charge is 2.30. The third-order valence-electron chi connectivity index (χ3n) is 4.79. The van der Waals surface area contributed by atoms with Gasteiger partial charge in [0.1, 0.15) is 18.1 Å². The van der Waals surface area contributed by atoms with E-state index in [1.807, 2.05) is 6.26 Å². The van der Waals surface area contributed by atoms with Crippen molar-refractivity contribution in [1.29, 1.82) is 0 Å². The zero-order chi connectivity index (χ0) is 27.3. The fraction of sp³-hybridized carbons (Fsp3) is 0.714. The summed E-state index contributed by atoms with van der Waals surface area (Å²) in [7, 11) is 0. The summed E-state index contributed by atoms with van der Waals surface area (Å²) in [6, 6.07) is -4.42. The lowest BCUT2D eigenvalue weighted by Gasteiger charge is -2.26. The first-order chi connectivity index (χ1) is 16.2. The summed E-state index contributed by atoms with van der Waals surface area (Å²) in [5.41, 5.74) is 0. The lowest BCUT2D eigenvalue weighted by molar-refractivity contribution is -0.144. The van der Waals surface area contributed by atoms with Crippen molar-refractivity contribution in [3.8, 4) is 0 Å². The fourth-order valence-corrected chi connectivity index (χ4v) is 3.32. The van der Waals surface area contributed by atoms with Crippen LogP contribution in [0.4, 0.5) is 0 Å². The molecule has 0 heterocycles. The normalized spacial score (nSPS) is 15.1. The first-order valence-electron chi connectivity index (χ1n) is 11.1. The number of thioether (sulfide) groups is 1. The van der Waals surface area contributed by atoms with Crippen molar-refractivity contribution in [2.75, 3.05) is 18.6 Å². The number of hydrogen-bond acceptors (Lipinski definition) is 8. The molecule has 0 aliphatic carbocycles. The molecule has 0 spiro atoms. The van der Waals surface area contributed by atoms with Gasteiger partial charge in [0.2, 0.25) is 29.5 Å². The summed E-state index contributed by atoms with van der Waals surface area (Å²) in [6.45, 7) is 6.71. The topological polar surface area (TPSA) is 203 Å². The van der Waals surface area contributed by atoms with Crippen molar-refractivity contribution >= 4 is 47.3 Å². The van der Waals surface area contributed by atoms with Crippen LogP contribution in [-0.2, 0) is 28.8 Å². The first kappa shape index (κ1) is 32.1. The highest BCUT2D eigenvalue weighted by molar-refractivity contribution is 7.98. The standard InChI is InChI=1S/C21H37N5O8S/c1-10(2)16(20(32)22-9-15(29)25-17(12(4)27)21(33)34)26-19(31)14(7-8-35-6)24-18(30)11(3)23-13(5)28/h10-12,14,16-17,27H,7-9H2,1-6H3,(H,22,32)(H,23,28)(H,24,30)(H,25,29)(H,26,31)(H,33,34)/t11-,12+,14-,16-,17-/m0/s1. The van der Waals surface area contributed by atoms with E-state index < -0.39 is 72.3 Å². The van der Waals surface area contributed by atoms with E-state index in [1.54, 1.807) is 13.8 Å². The molecule has 5 atom stereocenters. The molecule has 0 aromatic heterocycles. The molecule has 0 fully saturated rings. The molecule has 5 amide bonds. The van der Waals surface area contributed by atoms with Gasteiger partial charge in [-0.25, -0.2) is 4.79 Å². The maximum absolute atomic E-state index is 12.9. The molecule has 13 nitrogen and oxygen atoms in total. The molecule has 0 saturated carbocycles. The Bertz CT molecular complexity index is 777. The van der Waals surface area contributed by atoms with Crippen LogP contribution in [0.1, 0.15) is 41.0 Å². The molecule has 14 heteroatoms. The lowest BCUT2D eigenvalue weighted by Crippen LogP contribution is -2.58. The summed E-state index contributed by atoms with van der Waals surface area (Å²) in [5.74, 6) is -4.37. The molecule has 0 aliphatic rings. The van der Waals surface area contributed by atoms with Crippen molar-refractivity contribution in [2.24, 2.45) is 5.92 Å². The second-order valence-electron chi connectivity index (χ2n) is 8.34. The molecule has 7 N–H and O–H groups in total. The maximum Gasteiger partial charge on any atom is 0.328 e. The summed E-state index contributed by atoms with van der Waals surface area (Å²) in [4.78, 5) is 72.2. The minimum absolute atomic E-state index is 0.274. The first-order valence-corrected chi connectivity index (χ1v) is 12.4. The number of carboxylic acids is 1. The van der Waals surface area contributed by atoms with Crippen LogP contribution < -0.4 is 26.6 Å². The van der Waals surface area contributed by atoms with Gasteiger partial charge in [0.25, 0.3) is 0 Å². The number of carbonyl (C=O) groups is 6. The van der Waals surface area contributed by atoms with E-state index in [4.69, 9.17) is 5.11 Å². The molecule has 35 heavy (non-hydrogen) atoms. The van der Waals surface area contributed by atoms with Crippen molar-refractivity contribution < 1.29 is 39.0 Å². The molecule has 0 aliphatic heterocycles. The number of rotatable bonds is 15. The van der Waals surface area contributed by atoms with Crippen LogP contribution in [0.25, 0.3) is 0 Å². The number of carboxylic acid groups (broad SMARTS) is 1. The van der Waals surface area contributed by atoms with E-state index in [1.165, 1.54) is 32.5 Å². The quantitative estimate of drug-likeness (QED) is 0.127. The Hall–Kier alpha value is -2.87. The van der Waals surface area contributed by atoms with Gasteiger partial charge in [0.05, 0.1) is 12.6 Å². The number of carbonyl (C=O) groups excluding carboxylic acids is 5. The SMILES string of the molecule is CSCC[C@H](NC(=O)[C@H](C)NC(C)=O)C(=O)N[C@H](C(=O)NCC(=O)N[C@H](C(=O)O)[C@@H](C)O)C(C)C. The van der Waals surface area contributed by atoms with Crippen LogP contribution >= 0.6 is 11.8 Å². The van der Waals surface area contributed by atoms with Gasteiger partial charge in [-0.3, -0.25) is 24.0 Å². The van der Waals surface area contributed by atoms with Gasteiger partial charge in [0.15, 0.2) is 6.04 Å². The minimum Gasteiger partial charge on any atom is -0.480 e. The van der Waals surface area contributed by atoms with Gasteiger partial charge in [-0.05, 0) is 38.2 Å². The average Bonchev–Trinajstić information content (AvgIpc) is 2.75. The minimum atomic E-state index is -1.54. The lowest BCUT2D eigenvalue weighted by atomic mass is 10.0. The molecule has 200 valence electrons. The zero-order valence-corrected chi connectivity index (χ0v) is 21.7. The average molecular weight is 520 g/mol. The maximum atomic E-state index is 12.9. The summed E-state index contributed by atoms with van der Waals surface area (Å²) < 4.78 is 0. The van der Waals surface area contributed by atoms with E-state index in [9.17, 15) is 33.9 Å². The van der Waals surface area contributed by atoms with Crippen molar-refractivity contribution in [3.63, 3.8) is 0 Å². The number of aliphatic carboxylic acids is 1. The number of hydrogen-bond donors (Lipinski definition) is 7. The van der Waals surface area contributed by atoms with Gasteiger partial charge >= 0.3 is 5.97 Å².